The Labute approximate surface area is 81.7 Å². The van der Waals surface area contributed by atoms with Gasteiger partial charge in [0.05, 0.1) is 6.20 Å². The first-order chi connectivity index (χ1) is 6.75. The van der Waals surface area contributed by atoms with Crippen molar-refractivity contribution in [3.8, 4) is 0 Å². The van der Waals surface area contributed by atoms with E-state index in [-0.39, 0.29) is 5.82 Å². The lowest BCUT2D eigenvalue weighted by Gasteiger charge is -2.11. The highest BCUT2D eigenvalue weighted by Gasteiger charge is 2.15. The number of aromatic nitrogens is 2. The molecular formula is C9H13FN4. The van der Waals surface area contributed by atoms with Crippen LogP contribution in [0, 0.1) is 5.82 Å². The molecule has 5 heteroatoms. The van der Waals surface area contributed by atoms with Crippen molar-refractivity contribution in [1.82, 2.24) is 9.97 Å². The van der Waals surface area contributed by atoms with Crippen LogP contribution in [-0.2, 0) is 0 Å². The van der Waals surface area contributed by atoms with Gasteiger partial charge in [0.15, 0.2) is 11.6 Å². The van der Waals surface area contributed by atoms with Gasteiger partial charge in [-0.2, -0.15) is 4.98 Å². The molecule has 0 atom stereocenters. The van der Waals surface area contributed by atoms with Crippen molar-refractivity contribution in [3.63, 3.8) is 0 Å². The molecule has 0 bridgehead atoms. The molecule has 4 nitrogen and oxygen atoms in total. The summed E-state index contributed by atoms with van der Waals surface area (Å²) in [7, 11) is 0. The van der Waals surface area contributed by atoms with Gasteiger partial charge in [-0.25, -0.2) is 9.37 Å². The second-order valence-corrected chi connectivity index (χ2v) is 3.55. The lowest BCUT2D eigenvalue weighted by Crippen LogP contribution is -2.17. The molecule has 76 valence electrons. The van der Waals surface area contributed by atoms with E-state index in [9.17, 15) is 4.39 Å². The van der Waals surface area contributed by atoms with Gasteiger partial charge in [-0.3, -0.25) is 0 Å². The highest BCUT2D eigenvalue weighted by molar-refractivity contribution is 5.37. The van der Waals surface area contributed by atoms with Crippen molar-refractivity contribution in [2.24, 2.45) is 0 Å². The van der Waals surface area contributed by atoms with Crippen LogP contribution < -0.4 is 11.1 Å². The van der Waals surface area contributed by atoms with E-state index in [1.165, 1.54) is 12.8 Å². The van der Waals surface area contributed by atoms with E-state index in [2.05, 4.69) is 15.3 Å². The van der Waals surface area contributed by atoms with E-state index in [1.54, 1.807) is 0 Å². The number of hydrogen-bond acceptors (Lipinski definition) is 4. The molecule has 14 heavy (non-hydrogen) atoms. The first-order valence-corrected chi connectivity index (χ1v) is 4.80. The fourth-order valence-corrected chi connectivity index (χ4v) is 1.70. The van der Waals surface area contributed by atoms with Gasteiger partial charge in [-0.05, 0) is 12.8 Å². The van der Waals surface area contributed by atoms with Gasteiger partial charge in [0, 0.05) is 6.04 Å². The Morgan fingerprint density at radius 2 is 2.14 bits per heavy atom. The quantitative estimate of drug-likeness (QED) is 0.753. The van der Waals surface area contributed by atoms with Crippen LogP contribution in [0.1, 0.15) is 25.7 Å². The van der Waals surface area contributed by atoms with Crippen molar-refractivity contribution in [1.29, 1.82) is 0 Å². The summed E-state index contributed by atoms with van der Waals surface area (Å²) < 4.78 is 12.7. The highest BCUT2D eigenvalue weighted by Crippen LogP contribution is 2.21. The van der Waals surface area contributed by atoms with E-state index >= 15 is 0 Å². The molecule has 1 aromatic heterocycles. The minimum Gasteiger partial charge on any atom is -0.381 e. The van der Waals surface area contributed by atoms with E-state index in [0.29, 0.717) is 12.0 Å². The van der Waals surface area contributed by atoms with Crippen LogP contribution in [-0.4, -0.2) is 16.0 Å². The zero-order valence-corrected chi connectivity index (χ0v) is 7.83. The molecule has 0 aliphatic heterocycles. The summed E-state index contributed by atoms with van der Waals surface area (Å²) in [5, 5.41) is 3.14. The Kier molecular flexibility index (Phi) is 2.47. The average Bonchev–Trinajstić information content (AvgIpc) is 2.64. The third kappa shape index (κ3) is 1.92. The normalized spacial score (nSPS) is 17.2. The lowest BCUT2D eigenvalue weighted by atomic mass is 10.2. The molecule has 1 aromatic rings. The molecule has 0 spiro atoms. The number of nitrogens with zero attached hydrogens (tertiary/aromatic N) is 2. The Bertz CT molecular complexity index is 323. The van der Waals surface area contributed by atoms with Gasteiger partial charge in [-0.1, -0.05) is 12.8 Å². The number of nitrogens with one attached hydrogen (secondary N) is 1. The minimum absolute atomic E-state index is 0.0968. The number of rotatable bonds is 2. The maximum atomic E-state index is 12.7. The largest absolute Gasteiger partial charge is 0.381 e. The lowest BCUT2D eigenvalue weighted by molar-refractivity contribution is 0.619. The van der Waals surface area contributed by atoms with Gasteiger partial charge in [0.1, 0.15) is 0 Å². The monoisotopic (exact) mass is 196 g/mol. The maximum Gasteiger partial charge on any atom is 0.225 e. The molecule has 1 heterocycles. The molecule has 2 rings (SSSR count). The molecule has 0 aromatic carbocycles. The Morgan fingerprint density at radius 1 is 1.43 bits per heavy atom. The van der Waals surface area contributed by atoms with Gasteiger partial charge < -0.3 is 11.1 Å². The van der Waals surface area contributed by atoms with Gasteiger partial charge in [-0.15, -0.1) is 0 Å². The van der Waals surface area contributed by atoms with Crippen LogP contribution in [0.15, 0.2) is 6.20 Å². The number of halogens is 1. The van der Waals surface area contributed by atoms with Crippen molar-refractivity contribution in [2.75, 3.05) is 11.1 Å². The van der Waals surface area contributed by atoms with Crippen LogP contribution in [0.4, 0.5) is 16.2 Å². The van der Waals surface area contributed by atoms with E-state index < -0.39 is 5.82 Å². The fourth-order valence-electron chi connectivity index (χ4n) is 1.70. The van der Waals surface area contributed by atoms with Crippen LogP contribution in [0.2, 0.25) is 0 Å². The van der Waals surface area contributed by atoms with Crippen LogP contribution in [0.3, 0.4) is 0 Å². The Morgan fingerprint density at radius 3 is 2.79 bits per heavy atom. The SMILES string of the molecule is Nc1nc(NC2CCCC2)ncc1F. The molecule has 0 saturated heterocycles. The summed E-state index contributed by atoms with van der Waals surface area (Å²) in [6.45, 7) is 0. The second-order valence-electron chi connectivity index (χ2n) is 3.55. The smallest absolute Gasteiger partial charge is 0.225 e. The van der Waals surface area contributed by atoms with Gasteiger partial charge in [0.25, 0.3) is 0 Å². The average molecular weight is 196 g/mol. The number of hydrogen-bond donors (Lipinski definition) is 2. The molecule has 0 radical (unpaired) electrons. The number of nitrogen functional groups attached to an aromatic ring is 1. The molecular weight excluding hydrogens is 183 g/mol. The first-order valence-electron chi connectivity index (χ1n) is 4.80. The van der Waals surface area contributed by atoms with E-state index in [4.69, 9.17) is 5.73 Å². The van der Waals surface area contributed by atoms with Crippen molar-refractivity contribution < 1.29 is 4.39 Å². The van der Waals surface area contributed by atoms with Crippen molar-refractivity contribution in [2.45, 2.75) is 31.7 Å². The molecule has 1 aliphatic rings. The third-order valence-corrected chi connectivity index (χ3v) is 2.46. The summed E-state index contributed by atoms with van der Waals surface area (Å²) in [6.07, 6.45) is 5.81. The molecule has 3 N–H and O–H groups in total. The zero-order chi connectivity index (χ0) is 9.97. The summed E-state index contributed by atoms with van der Waals surface area (Å²) in [6, 6.07) is 0.417. The molecule has 1 fully saturated rings. The first kappa shape index (κ1) is 9.18. The number of nitrogens with two attached hydrogens (primary N) is 1. The topological polar surface area (TPSA) is 63.8 Å². The molecule has 1 saturated carbocycles. The van der Waals surface area contributed by atoms with Gasteiger partial charge >= 0.3 is 0 Å². The second kappa shape index (κ2) is 3.77. The van der Waals surface area contributed by atoms with E-state index in [0.717, 1.165) is 19.0 Å². The summed E-state index contributed by atoms with van der Waals surface area (Å²) in [5.74, 6) is -0.238. The van der Waals surface area contributed by atoms with Crippen LogP contribution in [0.5, 0.6) is 0 Å². The number of anilines is 2. The van der Waals surface area contributed by atoms with Crippen molar-refractivity contribution in [3.05, 3.63) is 12.0 Å². The van der Waals surface area contributed by atoms with Crippen LogP contribution >= 0.6 is 0 Å². The molecule has 1 aliphatic carbocycles. The van der Waals surface area contributed by atoms with E-state index in [1.807, 2.05) is 0 Å². The zero-order valence-electron chi connectivity index (χ0n) is 7.83. The summed E-state index contributed by atoms with van der Waals surface area (Å²) in [5.41, 5.74) is 5.33. The Balaban J connectivity index is 2.05. The van der Waals surface area contributed by atoms with Crippen molar-refractivity contribution >= 4 is 11.8 Å². The van der Waals surface area contributed by atoms with Crippen LogP contribution in [0.25, 0.3) is 0 Å². The fraction of sp³-hybridized carbons (Fsp3) is 0.556. The summed E-state index contributed by atoms with van der Waals surface area (Å²) >= 11 is 0. The standard InChI is InChI=1S/C9H13FN4/c10-7-5-12-9(14-8(7)11)13-6-3-1-2-4-6/h5-6H,1-4H2,(H3,11,12,13,14). The predicted octanol–water partition coefficient (Wildman–Crippen LogP) is 1.55. The maximum absolute atomic E-state index is 12.7. The summed E-state index contributed by atoms with van der Waals surface area (Å²) in [4.78, 5) is 7.64. The third-order valence-electron chi connectivity index (χ3n) is 2.46. The molecule has 0 unspecified atom stereocenters. The predicted molar refractivity (Wildman–Crippen MR) is 52.3 cm³/mol. The minimum atomic E-state index is -0.568. The van der Waals surface area contributed by atoms with Gasteiger partial charge in [0.2, 0.25) is 5.95 Å². The highest BCUT2D eigenvalue weighted by atomic mass is 19.1. The Hall–Kier alpha value is -1.39. The molecule has 0 amide bonds.